The third-order valence-corrected chi connectivity index (χ3v) is 6.03. The lowest BCUT2D eigenvalue weighted by Crippen LogP contribution is -2.50. The van der Waals surface area contributed by atoms with Crippen LogP contribution in [0.5, 0.6) is 0 Å². The summed E-state index contributed by atoms with van der Waals surface area (Å²) < 4.78 is 0. The Morgan fingerprint density at radius 2 is 1.81 bits per heavy atom. The topological polar surface area (TPSA) is 43.9 Å². The first kappa shape index (κ1) is 17.3. The minimum absolute atomic E-state index is 0.329. The van der Waals surface area contributed by atoms with Crippen molar-refractivity contribution in [2.75, 3.05) is 38.1 Å². The summed E-state index contributed by atoms with van der Waals surface area (Å²) >= 11 is 0. The predicted octanol–water partition coefficient (Wildman–Crippen LogP) is 2.72. The van der Waals surface area contributed by atoms with Gasteiger partial charge >= 0.3 is 0 Å². The van der Waals surface area contributed by atoms with Crippen molar-refractivity contribution >= 4 is 23.5 Å². The van der Waals surface area contributed by atoms with Crippen molar-refractivity contribution in [1.82, 2.24) is 9.80 Å². The van der Waals surface area contributed by atoms with Gasteiger partial charge in [-0.25, -0.2) is 0 Å². The number of anilines is 1. The van der Waals surface area contributed by atoms with Gasteiger partial charge in [-0.2, -0.15) is 0 Å². The van der Waals surface area contributed by atoms with Crippen LogP contribution in [0, 0.1) is 0 Å². The van der Waals surface area contributed by atoms with Crippen LogP contribution in [-0.4, -0.2) is 60.3 Å². The van der Waals surface area contributed by atoms with E-state index in [2.05, 4.69) is 49.9 Å². The average Bonchev–Trinajstić information content (AvgIpc) is 2.86. The molecule has 1 atom stereocenters. The number of hydrogen-bond donors (Lipinski definition) is 0. The highest BCUT2D eigenvalue weighted by Gasteiger charge is 2.49. The van der Waals surface area contributed by atoms with Gasteiger partial charge in [-0.3, -0.25) is 14.5 Å². The van der Waals surface area contributed by atoms with E-state index in [4.69, 9.17) is 0 Å². The minimum Gasteiger partial charge on any atom is -0.375 e. The molecule has 1 saturated heterocycles. The molecule has 5 heteroatoms. The molecular formula is C21H27N3O2. The van der Waals surface area contributed by atoms with Crippen molar-refractivity contribution in [2.45, 2.75) is 38.6 Å². The zero-order valence-electron chi connectivity index (χ0n) is 16.1. The Kier molecular flexibility index (Phi) is 3.95. The summed E-state index contributed by atoms with van der Waals surface area (Å²) in [6.07, 6.45) is 4.94. The number of nitrogens with zero attached hydrogens (tertiary/aromatic N) is 3. The average molecular weight is 353 g/mol. The Labute approximate surface area is 155 Å². The van der Waals surface area contributed by atoms with Gasteiger partial charge in [-0.1, -0.05) is 19.1 Å². The van der Waals surface area contributed by atoms with Crippen LogP contribution in [0.1, 0.15) is 54.6 Å². The maximum absolute atomic E-state index is 12.8. The fourth-order valence-corrected chi connectivity index (χ4v) is 4.63. The zero-order valence-corrected chi connectivity index (χ0v) is 16.1. The lowest BCUT2D eigenvalue weighted by Gasteiger charge is -2.43. The standard InChI is InChI=1S/C21H27N3O2/c1-14-13-21(2,3)24-18-16(14)6-5-15(17(18)19(25)20(24)26)7-8-23-11-9-22(4)10-12-23/h5-8,14H,9-13H2,1-4H3. The molecule has 1 unspecified atom stereocenters. The normalized spacial score (nSPS) is 25.3. The maximum Gasteiger partial charge on any atom is 0.300 e. The molecule has 0 aliphatic carbocycles. The Balaban J connectivity index is 1.74. The third-order valence-electron chi connectivity index (χ3n) is 6.03. The molecule has 4 rings (SSSR count). The second-order valence-electron chi connectivity index (χ2n) is 8.51. The number of carbonyl (C=O) groups is 2. The lowest BCUT2D eigenvalue weighted by atomic mass is 9.80. The van der Waals surface area contributed by atoms with E-state index in [9.17, 15) is 9.59 Å². The van der Waals surface area contributed by atoms with Crippen LogP contribution in [0.4, 0.5) is 5.69 Å². The Hall–Kier alpha value is -2.14. The van der Waals surface area contributed by atoms with Gasteiger partial charge in [-0.15, -0.1) is 0 Å². The molecule has 0 saturated carbocycles. The summed E-state index contributed by atoms with van der Waals surface area (Å²) in [5.41, 5.74) is 3.09. The summed E-state index contributed by atoms with van der Waals surface area (Å²) in [4.78, 5) is 31.9. The van der Waals surface area contributed by atoms with E-state index in [0.29, 0.717) is 11.5 Å². The first-order valence-electron chi connectivity index (χ1n) is 9.46. The molecule has 3 aliphatic rings. The Morgan fingerprint density at radius 1 is 1.12 bits per heavy atom. The number of carbonyl (C=O) groups excluding carboxylic acids is 2. The second kappa shape index (κ2) is 5.95. The fourth-order valence-electron chi connectivity index (χ4n) is 4.63. The van der Waals surface area contributed by atoms with Gasteiger partial charge in [0.2, 0.25) is 0 Å². The summed E-state index contributed by atoms with van der Waals surface area (Å²) in [6.45, 7) is 10.3. The monoisotopic (exact) mass is 353 g/mol. The van der Waals surface area contributed by atoms with Crippen molar-refractivity contribution < 1.29 is 9.59 Å². The molecule has 0 radical (unpaired) electrons. The molecular weight excluding hydrogens is 326 g/mol. The highest BCUT2D eigenvalue weighted by atomic mass is 16.2. The van der Waals surface area contributed by atoms with E-state index >= 15 is 0 Å². The van der Waals surface area contributed by atoms with Crippen molar-refractivity contribution in [3.05, 3.63) is 35.0 Å². The third kappa shape index (κ3) is 2.57. The predicted molar refractivity (Wildman–Crippen MR) is 103 cm³/mol. The van der Waals surface area contributed by atoms with Gasteiger partial charge in [0.25, 0.3) is 11.7 Å². The minimum atomic E-state index is -0.376. The highest BCUT2D eigenvalue weighted by molar-refractivity contribution is 6.53. The molecule has 3 aliphatic heterocycles. The van der Waals surface area contributed by atoms with Crippen LogP contribution in [0.25, 0.3) is 6.08 Å². The van der Waals surface area contributed by atoms with Crippen molar-refractivity contribution in [1.29, 1.82) is 0 Å². The summed E-state index contributed by atoms with van der Waals surface area (Å²) in [7, 11) is 2.13. The van der Waals surface area contributed by atoms with Gasteiger partial charge in [-0.05, 0) is 56.6 Å². The number of hydrogen-bond acceptors (Lipinski definition) is 4. The SMILES string of the molecule is CC1CC(C)(C)N2C(=O)C(=O)c3c(C=CN4CCN(C)CC4)ccc1c32. The van der Waals surface area contributed by atoms with Crippen LogP contribution in [0.3, 0.4) is 0 Å². The molecule has 3 heterocycles. The number of ketones is 1. The molecule has 1 amide bonds. The lowest BCUT2D eigenvalue weighted by molar-refractivity contribution is -0.115. The molecule has 1 aromatic rings. The quantitative estimate of drug-likeness (QED) is 0.767. The van der Waals surface area contributed by atoms with Gasteiger partial charge in [0.15, 0.2) is 0 Å². The number of rotatable bonds is 2. The molecule has 1 aromatic carbocycles. The number of piperazine rings is 1. The van der Waals surface area contributed by atoms with Crippen molar-refractivity contribution in [2.24, 2.45) is 0 Å². The first-order chi connectivity index (χ1) is 12.3. The molecule has 1 fully saturated rings. The fraction of sp³-hybridized carbons (Fsp3) is 0.524. The van der Waals surface area contributed by atoms with E-state index in [1.807, 2.05) is 12.1 Å². The van der Waals surface area contributed by atoms with Crippen molar-refractivity contribution in [3.63, 3.8) is 0 Å². The van der Waals surface area contributed by atoms with Crippen LogP contribution >= 0.6 is 0 Å². The summed E-state index contributed by atoms with van der Waals surface area (Å²) in [5.74, 6) is -0.398. The second-order valence-corrected chi connectivity index (χ2v) is 8.51. The first-order valence-corrected chi connectivity index (χ1v) is 9.46. The van der Waals surface area contributed by atoms with Crippen LogP contribution in [0.15, 0.2) is 18.3 Å². The highest BCUT2D eigenvalue weighted by Crippen LogP contribution is 2.49. The van der Waals surface area contributed by atoms with Crippen molar-refractivity contribution in [3.8, 4) is 0 Å². The van der Waals surface area contributed by atoms with E-state index in [-0.39, 0.29) is 17.2 Å². The maximum atomic E-state index is 12.8. The van der Waals surface area contributed by atoms with E-state index in [0.717, 1.165) is 49.4 Å². The number of Topliss-reactive ketones (excluding diaryl/α,β-unsaturated/α-hetero) is 1. The van der Waals surface area contributed by atoms with Crippen LogP contribution in [0.2, 0.25) is 0 Å². The van der Waals surface area contributed by atoms with Crippen LogP contribution < -0.4 is 4.90 Å². The molecule has 0 bridgehead atoms. The number of likely N-dealkylation sites (N-methyl/N-ethyl adjacent to an activating group) is 1. The van der Waals surface area contributed by atoms with Gasteiger partial charge < -0.3 is 9.80 Å². The molecule has 26 heavy (non-hydrogen) atoms. The summed E-state index contributed by atoms with van der Waals surface area (Å²) in [5, 5.41) is 0. The van der Waals surface area contributed by atoms with E-state index in [1.54, 1.807) is 4.90 Å². The number of amides is 1. The van der Waals surface area contributed by atoms with Gasteiger partial charge in [0.05, 0.1) is 11.3 Å². The Morgan fingerprint density at radius 3 is 2.50 bits per heavy atom. The molecule has 5 nitrogen and oxygen atoms in total. The molecule has 0 aromatic heterocycles. The zero-order chi connectivity index (χ0) is 18.6. The molecule has 138 valence electrons. The summed E-state index contributed by atoms with van der Waals surface area (Å²) in [6, 6.07) is 4.10. The van der Waals surface area contributed by atoms with Gasteiger partial charge in [0, 0.05) is 31.7 Å². The number of benzene rings is 1. The smallest absolute Gasteiger partial charge is 0.300 e. The van der Waals surface area contributed by atoms with E-state index in [1.165, 1.54) is 0 Å². The van der Waals surface area contributed by atoms with E-state index < -0.39 is 0 Å². The molecule has 0 spiro atoms. The largest absolute Gasteiger partial charge is 0.375 e. The Bertz CT molecular complexity index is 804. The molecule has 0 N–H and O–H groups in total. The van der Waals surface area contributed by atoms with Crippen LogP contribution in [-0.2, 0) is 4.79 Å². The van der Waals surface area contributed by atoms with Gasteiger partial charge in [0.1, 0.15) is 0 Å².